The van der Waals surface area contributed by atoms with E-state index in [0.29, 0.717) is 0 Å². The molecular formula is C70H82. The van der Waals surface area contributed by atoms with Crippen molar-refractivity contribution in [2.24, 2.45) is 0 Å². The van der Waals surface area contributed by atoms with Gasteiger partial charge in [-0.25, -0.2) is 0 Å². The maximum atomic E-state index is 2.38. The second-order valence-electron chi connectivity index (χ2n) is 19.5. The molecule has 8 rings (SSSR count). The number of allylic oxidation sites excluding steroid dienone is 20. The highest BCUT2D eigenvalue weighted by Crippen LogP contribution is 2.37. The highest BCUT2D eigenvalue weighted by molar-refractivity contribution is 5.88. The van der Waals surface area contributed by atoms with Crippen molar-refractivity contribution in [3.8, 4) is 11.1 Å². The zero-order valence-corrected chi connectivity index (χ0v) is 45.1. The Morgan fingerprint density at radius 1 is 0.671 bits per heavy atom. The molecule has 0 atom stereocenters. The van der Waals surface area contributed by atoms with Gasteiger partial charge in [0.2, 0.25) is 0 Å². The van der Waals surface area contributed by atoms with Crippen molar-refractivity contribution in [3.63, 3.8) is 0 Å². The SMILES string of the molecule is C/C1=C\C=C(\C2=CCCC=C2)CC=CC(C)(C)c2cc(C)ccc21.CC.CC1=C(/C=C(\C)c2ccc(C)cc2)c2ccccc2C1.CC=CC/C=C\C=C(/C)c1cc(-c2ccc(C)cc2)ccc1CC. The molecule has 0 radical (unpaired) electrons. The summed E-state index contributed by atoms with van der Waals surface area (Å²) < 4.78 is 0. The van der Waals surface area contributed by atoms with Gasteiger partial charge in [-0.05, 0) is 183 Å². The van der Waals surface area contributed by atoms with Crippen molar-refractivity contribution >= 4 is 22.3 Å². The third-order valence-corrected chi connectivity index (χ3v) is 13.4. The summed E-state index contributed by atoms with van der Waals surface area (Å²) in [6.45, 7) is 28.2. The van der Waals surface area contributed by atoms with Gasteiger partial charge in [-0.2, -0.15) is 0 Å². The molecule has 5 aromatic rings. The summed E-state index contributed by atoms with van der Waals surface area (Å²) in [5, 5.41) is 0. The molecule has 0 heterocycles. The summed E-state index contributed by atoms with van der Waals surface area (Å²) >= 11 is 0. The van der Waals surface area contributed by atoms with Gasteiger partial charge >= 0.3 is 0 Å². The van der Waals surface area contributed by atoms with Crippen molar-refractivity contribution in [2.45, 2.75) is 134 Å². The minimum atomic E-state index is 0.0374. The summed E-state index contributed by atoms with van der Waals surface area (Å²) in [5.41, 5.74) is 25.9. The monoisotopic (exact) mass is 923 g/mol. The van der Waals surface area contributed by atoms with E-state index in [1.807, 2.05) is 13.8 Å². The molecule has 362 valence electrons. The second kappa shape index (κ2) is 27.0. The predicted molar refractivity (Wildman–Crippen MR) is 313 cm³/mol. The van der Waals surface area contributed by atoms with Crippen LogP contribution in [0.15, 0.2) is 205 Å². The quantitative estimate of drug-likeness (QED) is 0.102. The Morgan fingerprint density at radius 2 is 1.36 bits per heavy atom. The Hall–Kier alpha value is -6.50. The molecule has 0 saturated heterocycles. The van der Waals surface area contributed by atoms with Gasteiger partial charge in [0, 0.05) is 5.41 Å². The molecule has 0 saturated carbocycles. The topological polar surface area (TPSA) is 0 Å². The Kier molecular flexibility index (Phi) is 21.0. The number of benzene rings is 5. The normalized spacial score (nSPS) is 16.8. The average molecular weight is 923 g/mol. The first kappa shape index (κ1) is 54.4. The lowest BCUT2D eigenvalue weighted by Gasteiger charge is -2.26. The largest absolute Gasteiger partial charge is 0.0914 e. The number of hydrogen-bond donors (Lipinski definition) is 0. The van der Waals surface area contributed by atoms with Gasteiger partial charge in [0.1, 0.15) is 0 Å². The first-order chi connectivity index (χ1) is 33.8. The molecule has 3 aliphatic carbocycles. The van der Waals surface area contributed by atoms with Gasteiger partial charge in [-0.1, -0.05) is 239 Å². The van der Waals surface area contributed by atoms with Crippen LogP contribution in [-0.4, -0.2) is 0 Å². The second-order valence-corrected chi connectivity index (χ2v) is 19.5. The molecule has 0 nitrogen and oxygen atoms in total. The van der Waals surface area contributed by atoms with Crippen molar-refractivity contribution in [1.82, 2.24) is 0 Å². The Balaban J connectivity index is 0.000000193. The number of hydrogen-bond acceptors (Lipinski definition) is 0. The summed E-state index contributed by atoms with van der Waals surface area (Å²) in [4.78, 5) is 0. The fourth-order valence-corrected chi connectivity index (χ4v) is 9.19. The Labute approximate surface area is 425 Å². The van der Waals surface area contributed by atoms with Gasteiger partial charge in [0.05, 0.1) is 0 Å². The van der Waals surface area contributed by atoms with Crippen LogP contribution < -0.4 is 0 Å². The molecular weight excluding hydrogens is 841 g/mol. The number of fused-ring (bicyclic) bond motifs is 2. The van der Waals surface area contributed by atoms with Crippen molar-refractivity contribution in [2.75, 3.05) is 0 Å². The highest BCUT2D eigenvalue weighted by atomic mass is 14.3. The van der Waals surface area contributed by atoms with E-state index in [9.17, 15) is 0 Å². The fourth-order valence-electron chi connectivity index (χ4n) is 9.19. The summed E-state index contributed by atoms with van der Waals surface area (Å²) in [6.07, 6.45) is 35.9. The van der Waals surface area contributed by atoms with E-state index in [-0.39, 0.29) is 5.41 Å². The van der Waals surface area contributed by atoms with Crippen LogP contribution in [0.25, 0.3) is 33.4 Å². The lowest BCUT2D eigenvalue weighted by molar-refractivity contribution is 0.664. The maximum Gasteiger partial charge on any atom is 0.00815 e. The summed E-state index contributed by atoms with van der Waals surface area (Å²) in [5.74, 6) is 0. The van der Waals surface area contributed by atoms with Crippen LogP contribution in [0.4, 0.5) is 0 Å². The zero-order valence-electron chi connectivity index (χ0n) is 45.1. The lowest BCUT2D eigenvalue weighted by atomic mass is 9.78. The number of rotatable bonds is 9. The Morgan fingerprint density at radius 3 is 2.04 bits per heavy atom. The van der Waals surface area contributed by atoms with Crippen LogP contribution in [0.1, 0.15) is 151 Å². The first-order valence-electron chi connectivity index (χ1n) is 26.0. The molecule has 70 heavy (non-hydrogen) atoms. The van der Waals surface area contributed by atoms with E-state index < -0.39 is 0 Å². The van der Waals surface area contributed by atoms with Crippen LogP contribution in [0.5, 0.6) is 0 Å². The summed E-state index contributed by atoms with van der Waals surface area (Å²) in [6, 6.07) is 39.9. The highest BCUT2D eigenvalue weighted by Gasteiger charge is 2.22. The van der Waals surface area contributed by atoms with Crippen LogP contribution in [0.3, 0.4) is 0 Å². The average Bonchev–Trinajstić information content (AvgIpc) is 3.69. The first-order valence-corrected chi connectivity index (χ1v) is 26.0. The molecule has 0 amide bonds. The van der Waals surface area contributed by atoms with Crippen molar-refractivity contribution in [1.29, 1.82) is 0 Å². The fraction of sp³-hybridized carbons (Fsp3) is 0.286. The van der Waals surface area contributed by atoms with E-state index in [2.05, 4.69) is 264 Å². The van der Waals surface area contributed by atoms with Gasteiger partial charge in [0.25, 0.3) is 0 Å². The molecule has 0 unspecified atom stereocenters. The molecule has 0 heteroatoms. The van der Waals surface area contributed by atoms with Crippen LogP contribution >= 0.6 is 0 Å². The van der Waals surface area contributed by atoms with E-state index in [1.165, 1.54) is 112 Å². The smallest absolute Gasteiger partial charge is 0.00815 e. The minimum absolute atomic E-state index is 0.0374. The Bertz CT molecular complexity index is 2840. The summed E-state index contributed by atoms with van der Waals surface area (Å²) in [7, 11) is 0. The third-order valence-electron chi connectivity index (χ3n) is 13.4. The zero-order chi connectivity index (χ0) is 50.6. The third kappa shape index (κ3) is 15.2. The molecule has 5 aromatic carbocycles. The van der Waals surface area contributed by atoms with Gasteiger partial charge in [0.15, 0.2) is 0 Å². The van der Waals surface area contributed by atoms with E-state index in [4.69, 9.17) is 0 Å². The molecule has 0 aliphatic heterocycles. The van der Waals surface area contributed by atoms with Crippen LogP contribution in [-0.2, 0) is 18.3 Å². The number of aryl methyl sites for hydroxylation is 4. The van der Waals surface area contributed by atoms with E-state index in [0.717, 1.165) is 32.1 Å². The van der Waals surface area contributed by atoms with E-state index in [1.54, 1.807) is 0 Å². The van der Waals surface area contributed by atoms with Gasteiger partial charge in [-0.15, -0.1) is 0 Å². The van der Waals surface area contributed by atoms with E-state index >= 15 is 0 Å². The lowest BCUT2D eigenvalue weighted by Crippen LogP contribution is -2.16. The standard InChI is InChI=1S/2C24H28.C20H20.C2H6/c1-18-12-15-22-19(2)13-14-21(20-9-6-5-7-10-20)11-8-16-24(3,4)23(22)17-18;1-5-7-8-9-10-11-20(4)24-18-23(17-16-21(24)6-2)22-14-12-19(3)13-15-22;1-14-8-10-17(11-9-14)15(2)13-20-16(3)12-18-6-4-5-7-19(18)20;1-2/h6,8-10,12-17H,5,7,11H2,1-4H3;5,7,9-18H,6,8H2,1-4H3;4-11,13H,12H2,1-3H3;1-2H3/b16-8?,19-13+,21-14+;7-5?,10-9-,20-11+;15-13+;. The predicted octanol–water partition coefficient (Wildman–Crippen LogP) is 20.4. The molecule has 0 bridgehead atoms. The van der Waals surface area contributed by atoms with Crippen molar-refractivity contribution < 1.29 is 0 Å². The molecule has 0 aromatic heterocycles. The van der Waals surface area contributed by atoms with Crippen molar-refractivity contribution in [3.05, 3.63) is 261 Å². The molecule has 0 spiro atoms. The maximum absolute atomic E-state index is 2.38. The minimum Gasteiger partial charge on any atom is -0.0914 e. The van der Waals surface area contributed by atoms with Gasteiger partial charge in [-0.3, -0.25) is 0 Å². The van der Waals surface area contributed by atoms with Gasteiger partial charge < -0.3 is 0 Å². The molecule has 0 fully saturated rings. The van der Waals surface area contributed by atoms with Crippen LogP contribution in [0.2, 0.25) is 0 Å². The molecule has 0 N–H and O–H groups in total. The molecule has 3 aliphatic rings. The van der Waals surface area contributed by atoms with Crippen LogP contribution in [0, 0.1) is 20.8 Å².